The second kappa shape index (κ2) is 8.95. The highest BCUT2D eigenvalue weighted by atomic mass is 19.4. The van der Waals surface area contributed by atoms with Crippen LogP contribution in [0.3, 0.4) is 0 Å². The highest BCUT2D eigenvalue weighted by molar-refractivity contribution is 5.73. The standard InChI is InChI=1S/C3H7NO2.2C2HF3O2/c1-2(4)3(5)6;2*3-2(4,5)1(6)7/h2H,4H2,1H3,(H,5,6);2*(H,6,7). The number of hydrogen-bond acceptors (Lipinski definition) is 4. The van der Waals surface area contributed by atoms with Gasteiger partial charge in [-0.05, 0) is 6.92 Å². The molecule has 0 aliphatic heterocycles. The molecule has 0 aromatic rings. The number of rotatable bonds is 1. The number of nitrogens with two attached hydrogens (primary N) is 1. The van der Waals surface area contributed by atoms with Crippen LogP contribution in [0.2, 0.25) is 0 Å². The summed E-state index contributed by atoms with van der Waals surface area (Å²) in [4.78, 5) is 27.4. The lowest BCUT2D eigenvalue weighted by atomic mass is 10.4. The second-order valence-corrected chi connectivity index (χ2v) is 2.73. The molecule has 0 saturated heterocycles. The van der Waals surface area contributed by atoms with E-state index < -0.39 is 36.3 Å². The summed E-state index contributed by atoms with van der Waals surface area (Å²) in [5.74, 6) is -6.48. The summed E-state index contributed by atoms with van der Waals surface area (Å²) in [5.41, 5.74) is 4.84. The molecule has 120 valence electrons. The fraction of sp³-hybridized carbons (Fsp3) is 0.571. The van der Waals surface area contributed by atoms with Crippen molar-refractivity contribution in [1.29, 1.82) is 0 Å². The Balaban J connectivity index is -0.000000218. The molecule has 0 aromatic heterocycles. The maximum Gasteiger partial charge on any atom is 0.490 e. The molecular weight excluding hydrogens is 308 g/mol. The molecule has 0 aliphatic rings. The van der Waals surface area contributed by atoms with Crippen molar-refractivity contribution in [2.45, 2.75) is 25.3 Å². The van der Waals surface area contributed by atoms with Gasteiger partial charge in [0.1, 0.15) is 6.04 Å². The van der Waals surface area contributed by atoms with Gasteiger partial charge in [-0.3, -0.25) is 4.79 Å². The zero-order valence-corrected chi connectivity index (χ0v) is 9.49. The van der Waals surface area contributed by atoms with Gasteiger partial charge in [0.25, 0.3) is 0 Å². The van der Waals surface area contributed by atoms with Crippen LogP contribution in [0.25, 0.3) is 0 Å². The molecule has 1 unspecified atom stereocenters. The number of alkyl halides is 6. The van der Waals surface area contributed by atoms with Gasteiger partial charge < -0.3 is 21.1 Å². The number of hydrogen-bond donors (Lipinski definition) is 4. The van der Waals surface area contributed by atoms with Crippen LogP contribution in [0.5, 0.6) is 0 Å². The quantitative estimate of drug-likeness (QED) is 0.522. The van der Waals surface area contributed by atoms with E-state index >= 15 is 0 Å². The molecule has 7 nitrogen and oxygen atoms in total. The minimum Gasteiger partial charge on any atom is -0.480 e. The highest BCUT2D eigenvalue weighted by Crippen LogP contribution is 2.13. The van der Waals surface area contributed by atoms with E-state index in [4.69, 9.17) is 30.6 Å². The molecule has 0 amide bonds. The van der Waals surface area contributed by atoms with Crippen LogP contribution in [-0.2, 0) is 14.4 Å². The van der Waals surface area contributed by atoms with Crippen molar-refractivity contribution in [2.75, 3.05) is 0 Å². The largest absolute Gasteiger partial charge is 0.490 e. The number of carbonyl (C=O) groups is 3. The Labute approximate surface area is 106 Å². The SMILES string of the molecule is CC(N)C(=O)O.O=C(O)C(F)(F)F.O=C(O)C(F)(F)F. The van der Waals surface area contributed by atoms with Gasteiger partial charge in [-0.25, -0.2) is 9.59 Å². The fourth-order valence-electron chi connectivity index (χ4n) is 0. The molecule has 0 radical (unpaired) electrons. The van der Waals surface area contributed by atoms with Gasteiger partial charge in [-0.2, -0.15) is 26.3 Å². The van der Waals surface area contributed by atoms with Crippen molar-refractivity contribution in [3.05, 3.63) is 0 Å². The van der Waals surface area contributed by atoms with Gasteiger partial charge in [0.05, 0.1) is 0 Å². The Hall–Kier alpha value is -2.05. The molecule has 0 bridgehead atoms. The van der Waals surface area contributed by atoms with Crippen molar-refractivity contribution >= 4 is 17.9 Å². The maximum absolute atomic E-state index is 10.6. The van der Waals surface area contributed by atoms with Crippen molar-refractivity contribution in [3.8, 4) is 0 Å². The lowest BCUT2D eigenvalue weighted by Gasteiger charge is -1.93. The molecule has 0 heterocycles. The summed E-state index contributed by atoms with van der Waals surface area (Å²) in [6.07, 6.45) is -10.2. The van der Waals surface area contributed by atoms with Crippen LogP contribution in [0.15, 0.2) is 0 Å². The average Bonchev–Trinajstić information content (AvgIpc) is 2.15. The third-order valence-electron chi connectivity index (χ3n) is 0.875. The Morgan fingerprint density at radius 1 is 0.850 bits per heavy atom. The molecule has 1 atom stereocenters. The Kier molecular flexibility index (Phi) is 10.3. The van der Waals surface area contributed by atoms with Crippen LogP contribution in [0.1, 0.15) is 6.92 Å². The van der Waals surface area contributed by atoms with Gasteiger partial charge in [0.2, 0.25) is 0 Å². The van der Waals surface area contributed by atoms with E-state index in [-0.39, 0.29) is 0 Å². The topological polar surface area (TPSA) is 138 Å². The van der Waals surface area contributed by atoms with E-state index in [1.165, 1.54) is 6.92 Å². The van der Waals surface area contributed by atoms with Gasteiger partial charge in [-0.1, -0.05) is 0 Å². The minimum atomic E-state index is -5.08. The van der Waals surface area contributed by atoms with Gasteiger partial charge in [-0.15, -0.1) is 0 Å². The van der Waals surface area contributed by atoms with Gasteiger partial charge in [0, 0.05) is 0 Å². The van der Waals surface area contributed by atoms with Crippen LogP contribution in [0, 0.1) is 0 Å². The van der Waals surface area contributed by atoms with Crippen LogP contribution < -0.4 is 5.73 Å². The van der Waals surface area contributed by atoms with Crippen LogP contribution in [-0.4, -0.2) is 51.6 Å². The molecule has 0 spiro atoms. The lowest BCUT2D eigenvalue weighted by molar-refractivity contribution is -0.193. The molecule has 5 N–H and O–H groups in total. The van der Waals surface area contributed by atoms with Crippen molar-refractivity contribution in [2.24, 2.45) is 5.73 Å². The third-order valence-corrected chi connectivity index (χ3v) is 0.875. The Bertz CT molecular complexity index is 312. The monoisotopic (exact) mass is 317 g/mol. The predicted molar refractivity (Wildman–Crippen MR) is 48.7 cm³/mol. The van der Waals surface area contributed by atoms with Crippen LogP contribution in [0.4, 0.5) is 26.3 Å². The zero-order chi connectivity index (χ0) is 17.3. The number of halogens is 6. The van der Waals surface area contributed by atoms with Crippen molar-refractivity contribution in [1.82, 2.24) is 0 Å². The normalized spacial score (nSPS) is 12.0. The highest BCUT2D eigenvalue weighted by Gasteiger charge is 2.38. The molecule has 0 aliphatic carbocycles. The average molecular weight is 317 g/mol. The van der Waals surface area contributed by atoms with E-state index in [1.54, 1.807) is 0 Å². The zero-order valence-electron chi connectivity index (χ0n) is 9.49. The summed E-state index contributed by atoms with van der Waals surface area (Å²) in [7, 11) is 0. The molecule has 0 aromatic carbocycles. The summed E-state index contributed by atoms with van der Waals surface area (Å²) in [6, 6.07) is -0.731. The van der Waals surface area contributed by atoms with Crippen LogP contribution >= 0.6 is 0 Å². The van der Waals surface area contributed by atoms with Crippen molar-refractivity contribution in [3.63, 3.8) is 0 Å². The van der Waals surface area contributed by atoms with Gasteiger partial charge >= 0.3 is 30.3 Å². The second-order valence-electron chi connectivity index (χ2n) is 2.73. The molecular formula is C7H9F6NO6. The first kappa shape index (κ1) is 23.1. The Morgan fingerprint density at radius 3 is 0.950 bits per heavy atom. The molecule has 20 heavy (non-hydrogen) atoms. The fourth-order valence-corrected chi connectivity index (χ4v) is 0. The number of carboxylic acids is 3. The molecule has 0 fully saturated rings. The van der Waals surface area contributed by atoms with E-state index in [2.05, 4.69) is 0 Å². The van der Waals surface area contributed by atoms with Crippen molar-refractivity contribution < 1.29 is 56.0 Å². The predicted octanol–water partition coefficient (Wildman–Crippen LogP) is 0.685. The first-order valence-corrected chi connectivity index (χ1v) is 4.12. The minimum absolute atomic E-state index is 0.731. The lowest BCUT2D eigenvalue weighted by Crippen LogP contribution is -2.25. The molecule has 13 heteroatoms. The van der Waals surface area contributed by atoms with E-state index in [0.29, 0.717) is 0 Å². The number of carboxylic acid groups (broad SMARTS) is 3. The maximum atomic E-state index is 10.6. The van der Waals surface area contributed by atoms with Gasteiger partial charge in [0.15, 0.2) is 0 Å². The summed E-state index contributed by atoms with van der Waals surface area (Å²) < 4.78 is 63.5. The first-order valence-electron chi connectivity index (χ1n) is 4.12. The number of aliphatic carboxylic acids is 3. The smallest absolute Gasteiger partial charge is 0.480 e. The molecule has 0 saturated carbocycles. The Morgan fingerprint density at radius 2 is 0.950 bits per heavy atom. The first-order chi connectivity index (χ1) is 8.53. The van der Waals surface area contributed by atoms with E-state index in [0.717, 1.165) is 0 Å². The van der Waals surface area contributed by atoms with E-state index in [9.17, 15) is 31.1 Å². The van der Waals surface area contributed by atoms with E-state index in [1.807, 2.05) is 0 Å². The third kappa shape index (κ3) is 18.3. The summed E-state index contributed by atoms with van der Waals surface area (Å²) >= 11 is 0. The molecule has 0 rings (SSSR count). The summed E-state index contributed by atoms with van der Waals surface area (Å²) in [5, 5.41) is 22.1. The summed E-state index contributed by atoms with van der Waals surface area (Å²) in [6.45, 7) is 1.42.